The second-order valence-corrected chi connectivity index (χ2v) is 10.6. The number of aromatic nitrogens is 6. The third kappa shape index (κ3) is 5.28. The molecule has 6 rings (SSSR count). The summed E-state index contributed by atoms with van der Waals surface area (Å²) >= 11 is 1.30. The minimum Gasteiger partial charge on any atom is -0.493 e. The van der Waals surface area contributed by atoms with Gasteiger partial charge in [-0.25, -0.2) is 15.0 Å². The zero-order valence-electron chi connectivity index (χ0n) is 23.2. The van der Waals surface area contributed by atoms with Crippen molar-refractivity contribution >= 4 is 50.9 Å². The number of carbonyl (C=O) groups excluding carboxylic acids is 1. The maximum Gasteiger partial charge on any atom is 0.234 e. The quantitative estimate of drug-likeness (QED) is 0.187. The van der Waals surface area contributed by atoms with Crippen molar-refractivity contribution in [3.8, 4) is 11.5 Å². The van der Waals surface area contributed by atoms with Gasteiger partial charge in [0.05, 0.1) is 36.5 Å². The Morgan fingerprint density at radius 3 is 2.54 bits per heavy atom. The summed E-state index contributed by atoms with van der Waals surface area (Å²) in [5.41, 5.74) is 5.19. The number of amides is 1. The monoisotopic (exact) mass is 567 g/mol. The van der Waals surface area contributed by atoms with E-state index in [1.54, 1.807) is 18.7 Å². The van der Waals surface area contributed by atoms with Gasteiger partial charge in [-0.15, -0.1) is 5.10 Å². The van der Waals surface area contributed by atoms with Crippen molar-refractivity contribution < 1.29 is 14.3 Å². The number of fused-ring (bicyclic) bond motifs is 4. The van der Waals surface area contributed by atoms with E-state index < -0.39 is 0 Å². The molecule has 1 N–H and O–H groups in total. The predicted molar refractivity (Wildman–Crippen MR) is 160 cm³/mol. The number of benzene rings is 3. The first-order valence-corrected chi connectivity index (χ1v) is 14.1. The number of carbonyl (C=O) groups is 1. The molecule has 6 aromatic rings. The van der Waals surface area contributed by atoms with Gasteiger partial charge >= 0.3 is 0 Å². The number of methoxy groups -OCH3 is 2. The number of nitrogens with zero attached hydrogens (tertiary/aromatic N) is 6. The van der Waals surface area contributed by atoms with Gasteiger partial charge in [-0.1, -0.05) is 36.0 Å². The molecule has 0 saturated heterocycles. The van der Waals surface area contributed by atoms with E-state index in [4.69, 9.17) is 24.5 Å². The van der Waals surface area contributed by atoms with Crippen LogP contribution in [0.2, 0.25) is 0 Å². The molecule has 208 valence electrons. The van der Waals surface area contributed by atoms with Gasteiger partial charge in [-0.2, -0.15) is 4.52 Å². The fourth-order valence-electron chi connectivity index (χ4n) is 4.89. The SMILES string of the molecule is COc1cc2nc(SCC(=O)Nc3cccc(C)c3)n3nc(CCn4c(C)nc5ccccc54)nc3c2cc1OC. The van der Waals surface area contributed by atoms with Crippen LogP contribution in [0.1, 0.15) is 17.2 Å². The second kappa shape index (κ2) is 11.1. The van der Waals surface area contributed by atoms with Crippen molar-refractivity contribution in [2.75, 3.05) is 25.3 Å². The van der Waals surface area contributed by atoms with E-state index >= 15 is 0 Å². The molecule has 0 radical (unpaired) electrons. The zero-order chi connectivity index (χ0) is 28.5. The Hall–Kier alpha value is -4.64. The average Bonchev–Trinajstić information content (AvgIpc) is 3.54. The number of imidazole rings is 1. The van der Waals surface area contributed by atoms with Crippen LogP contribution in [0.5, 0.6) is 11.5 Å². The number of rotatable bonds is 9. The molecule has 0 aliphatic carbocycles. The molecule has 0 fully saturated rings. The predicted octanol–water partition coefficient (Wildman–Crippen LogP) is 5.23. The Labute approximate surface area is 240 Å². The van der Waals surface area contributed by atoms with Crippen molar-refractivity contribution in [2.45, 2.75) is 32.0 Å². The molecule has 10 nitrogen and oxygen atoms in total. The van der Waals surface area contributed by atoms with Crippen LogP contribution in [0.25, 0.3) is 27.6 Å². The smallest absolute Gasteiger partial charge is 0.234 e. The molecular formula is C30H29N7O3S. The minimum atomic E-state index is -0.134. The highest BCUT2D eigenvalue weighted by molar-refractivity contribution is 7.99. The highest BCUT2D eigenvalue weighted by Crippen LogP contribution is 2.34. The normalized spacial score (nSPS) is 11.4. The number of hydrogen-bond acceptors (Lipinski definition) is 8. The van der Waals surface area contributed by atoms with E-state index in [0.29, 0.717) is 46.6 Å². The van der Waals surface area contributed by atoms with Crippen LogP contribution < -0.4 is 14.8 Å². The van der Waals surface area contributed by atoms with Gasteiger partial charge in [0.15, 0.2) is 28.1 Å². The Morgan fingerprint density at radius 1 is 0.927 bits per heavy atom. The van der Waals surface area contributed by atoms with Crippen molar-refractivity contribution in [3.05, 3.63) is 77.9 Å². The lowest BCUT2D eigenvalue weighted by Gasteiger charge is -2.11. The maximum atomic E-state index is 12.8. The van der Waals surface area contributed by atoms with E-state index in [9.17, 15) is 4.79 Å². The lowest BCUT2D eigenvalue weighted by molar-refractivity contribution is -0.113. The van der Waals surface area contributed by atoms with Gasteiger partial charge in [0.2, 0.25) is 5.91 Å². The Morgan fingerprint density at radius 2 is 1.73 bits per heavy atom. The number of para-hydroxylation sites is 2. The van der Waals surface area contributed by atoms with Gasteiger partial charge < -0.3 is 19.4 Å². The largest absolute Gasteiger partial charge is 0.493 e. The molecule has 0 bridgehead atoms. The molecule has 1 amide bonds. The van der Waals surface area contributed by atoms with Crippen LogP contribution in [0.3, 0.4) is 0 Å². The molecule has 41 heavy (non-hydrogen) atoms. The molecule has 0 atom stereocenters. The number of aryl methyl sites for hydroxylation is 4. The molecule has 0 saturated carbocycles. The molecule has 3 aromatic carbocycles. The first-order valence-electron chi connectivity index (χ1n) is 13.2. The summed E-state index contributed by atoms with van der Waals surface area (Å²) in [7, 11) is 3.18. The number of thioether (sulfide) groups is 1. The van der Waals surface area contributed by atoms with Crippen LogP contribution in [0.15, 0.2) is 65.8 Å². The van der Waals surface area contributed by atoms with E-state index in [0.717, 1.165) is 33.5 Å². The van der Waals surface area contributed by atoms with Crippen molar-refractivity contribution in [1.82, 2.24) is 29.1 Å². The summed E-state index contributed by atoms with van der Waals surface area (Å²) in [5.74, 6) is 2.77. The summed E-state index contributed by atoms with van der Waals surface area (Å²) in [5, 5.41) is 9.12. The molecule has 0 aliphatic heterocycles. The maximum absolute atomic E-state index is 12.8. The van der Waals surface area contributed by atoms with Crippen LogP contribution >= 0.6 is 11.8 Å². The standard InChI is InChI=1S/C30H29N7O3S/c1-18-8-7-9-20(14-18)32-28(38)17-41-30-33-23-16-26(40-4)25(39-3)15-21(23)29-34-27(35-37(29)30)12-13-36-19(2)31-22-10-5-6-11-24(22)36/h5-11,14-16H,12-13,17H2,1-4H3,(H,32,38). The van der Waals surface area contributed by atoms with Gasteiger partial charge in [0.1, 0.15) is 5.82 Å². The zero-order valence-corrected chi connectivity index (χ0v) is 24.0. The number of anilines is 1. The van der Waals surface area contributed by atoms with E-state index in [1.165, 1.54) is 11.8 Å². The lowest BCUT2D eigenvalue weighted by atomic mass is 10.2. The minimum absolute atomic E-state index is 0.134. The van der Waals surface area contributed by atoms with Crippen molar-refractivity contribution in [2.24, 2.45) is 0 Å². The molecule has 0 aliphatic rings. The third-order valence-electron chi connectivity index (χ3n) is 6.83. The third-order valence-corrected chi connectivity index (χ3v) is 7.76. The van der Waals surface area contributed by atoms with Crippen LogP contribution in [0.4, 0.5) is 5.69 Å². The van der Waals surface area contributed by atoms with E-state index in [-0.39, 0.29) is 11.7 Å². The summed E-state index contributed by atoms with van der Waals surface area (Å²) in [4.78, 5) is 27.2. The van der Waals surface area contributed by atoms with Crippen LogP contribution in [-0.4, -0.2) is 55.0 Å². The highest BCUT2D eigenvalue weighted by Gasteiger charge is 2.18. The summed E-state index contributed by atoms with van der Waals surface area (Å²) in [6, 6.07) is 19.5. The molecule has 3 aromatic heterocycles. The number of nitrogens with one attached hydrogen (secondary N) is 1. The fourth-order valence-corrected chi connectivity index (χ4v) is 5.64. The number of hydrogen-bond donors (Lipinski definition) is 1. The van der Waals surface area contributed by atoms with Gasteiger partial charge in [-0.05, 0) is 49.7 Å². The van der Waals surface area contributed by atoms with Crippen molar-refractivity contribution in [1.29, 1.82) is 0 Å². The summed E-state index contributed by atoms with van der Waals surface area (Å²) in [6.45, 7) is 4.67. The molecular weight excluding hydrogens is 538 g/mol. The van der Waals surface area contributed by atoms with E-state index in [2.05, 4.69) is 20.9 Å². The molecule has 11 heteroatoms. The molecule has 3 heterocycles. The molecule has 0 unspecified atom stereocenters. The van der Waals surface area contributed by atoms with Crippen LogP contribution in [0, 0.1) is 13.8 Å². The topological polar surface area (TPSA) is 108 Å². The second-order valence-electron chi connectivity index (χ2n) is 9.64. The Balaban J connectivity index is 1.34. The van der Waals surface area contributed by atoms with Gasteiger partial charge in [0.25, 0.3) is 0 Å². The first kappa shape index (κ1) is 26.6. The summed E-state index contributed by atoms with van der Waals surface area (Å²) in [6.07, 6.45) is 0.593. The van der Waals surface area contributed by atoms with Crippen molar-refractivity contribution in [3.63, 3.8) is 0 Å². The van der Waals surface area contributed by atoms with E-state index in [1.807, 2.05) is 68.4 Å². The lowest BCUT2D eigenvalue weighted by Crippen LogP contribution is -2.14. The average molecular weight is 568 g/mol. The Bertz CT molecular complexity index is 1910. The Kier molecular flexibility index (Phi) is 7.19. The summed E-state index contributed by atoms with van der Waals surface area (Å²) < 4.78 is 15.0. The van der Waals surface area contributed by atoms with Gasteiger partial charge in [0, 0.05) is 30.1 Å². The highest BCUT2D eigenvalue weighted by atomic mass is 32.2. The van der Waals surface area contributed by atoms with Crippen LogP contribution in [-0.2, 0) is 17.8 Å². The number of ether oxygens (including phenoxy) is 2. The fraction of sp³-hybridized carbons (Fsp3) is 0.233. The first-order chi connectivity index (χ1) is 19.9. The molecule has 0 spiro atoms. The van der Waals surface area contributed by atoms with Gasteiger partial charge in [-0.3, -0.25) is 4.79 Å².